The minimum absolute atomic E-state index is 0.245. The van der Waals surface area contributed by atoms with Crippen LogP contribution in [0.15, 0.2) is 18.2 Å². The fourth-order valence-corrected chi connectivity index (χ4v) is 3.52. The number of aromatic nitrogens is 4. The summed E-state index contributed by atoms with van der Waals surface area (Å²) in [5, 5.41) is 11.8. The third kappa shape index (κ3) is 3.54. The molecule has 0 bridgehead atoms. The highest BCUT2D eigenvalue weighted by molar-refractivity contribution is 5.84. The maximum atomic E-state index is 5.42. The zero-order valence-corrected chi connectivity index (χ0v) is 16.4. The number of methoxy groups -OCH3 is 1. The summed E-state index contributed by atoms with van der Waals surface area (Å²) in [6.45, 7) is 9.54. The molecule has 0 amide bonds. The average molecular weight is 369 g/mol. The lowest BCUT2D eigenvalue weighted by Crippen LogP contribution is -2.43. The Hall–Kier alpha value is -2.45. The molecule has 1 saturated heterocycles. The van der Waals surface area contributed by atoms with Gasteiger partial charge in [0.2, 0.25) is 5.65 Å². The topological polar surface area (TPSA) is 70.8 Å². The van der Waals surface area contributed by atoms with E-state index in [1.165, 1.54) is 5.56 Å². The molecule has 1 aliphatic heterocycles. The van der Waals surface area contributed by atoms with Gasteiger partial charge in [-0.25, -0.2) is 9.38 Å². The number of anilines is 1. The lowest BCUT2D eigenvalue weighted by atomic mass is 10.1. The number of fused-ring (bicyclic) bond motifs is 3. The summed E-state index contributed by atoms with van der Waals surface area (Å²) in [6, 6.07) is 7.13. The third-order valence-corrected chi connectivity index (χ3v) is 4.97. The number of likely N-dealkylation sites (N-methyl/N-ethyl adjacent to an activating group) is 1. The van der Waals surface area contributed by atoms with Crippen LogP contribution in [0, 0.1) is 0 Å². The minimum atomic E-state index is 0.245. The van der Waals surface area contributed by atoms with E-state index in [0.717, 1.165) is 49.6 Å². The normalized spacial score (nSPS) is 16.5. The van der Waals surface area contributed by atoms with Crippen molar-refractivity contribution in [2.24, 2.45) is 0 Å². The molecule has 1 N–H and O–H groups in total. The van der Waals surface area contributed by atoms with Crippen molar-refractivity contribution in [3.63, 3.8) is 0 Å². The van der Waals surface area contributed by atoms with E-state index in [1.54, 1.807) is 7.11 Å². The van der Waals surface area contributed by atoms with Crippen LogP contribution >= 0.6 is 0 Å². The van der Waals surface area contributed by atoms with E-state index in [1.807, 2.05) is 4.40 Å². The van der Waals surface area contributed by atoms with Gasteiger partial charge in [0.05, 0.1) is 18.1 Å². The first-order valence-electron chi connectivity index (χ1n) is 9.44. The van der Waals surface area contributed by atoms with Gasteiger partial charge in [0.1, 0.15) is 0 Å². The van der Waals surface area contributed by atoms with Crippen LogP contribution < -0.4 is 10.1 Å². The summed E-state index contributed by atoms with van der Waals surface area (Å²) in [5.41, 5.74) is 3.81. The van der Waals surface area contributed by atoms with Crippen LogP contribution in [0.2, 0.25) is 0 Å². The van der Waals surface area contributed by atoms with Gasteiger partial charge < -0.3 is 15.0 Å². The number of hydrogen-bond acceptors (Lipinski definition) is 7. The Kier molecular flexibility index (Phi) is 4.84. The van der Waals surface area contributed by atoms with Gasteiger partial charge in [-0.05, 0) is 38.6 Å². The molecule has 0 saturated carbocycles. The van der Waals surface area contributed by atoms with Gasteiger partial charge in [-0.1, -0.05) is 11.2 Å². The molecule has 0 spiro atoms. The Labute approximate surface area is 159 Å². The molecule has 2 aromatic heterocycles. The highest BCUT2D eigenvalue weighted by Gasteiger charge is 2.18. The Morgan fingerprint density at radius 2 is 1.93 bits per heavy atom. The second-order valence-corrected chi connectivity index (χ2v) is 7.51. The van der Waals surface area contributed by atoms with E-state index in [9.17, 15) is 0 Å². The number of benzene rings is 1. The summed E-state index contributed by atoms with van der Waals surface area (Å²) >= 11 is 0. The van der Waals surface area contributed by atoms with E-state index in [-0.39, 0.29) is 6.04 Å². The van der Waals surface area contributed by atoms with Crippen LogP contribution in [-0.4, -0.2) is 75.8 Å². The molecule has 144 valence electrons. The molecule has 1 fully saturated rings. The highest BCUT2D eigenvalue weighted by Crippen LogP contribution is 2.26. The molecule has 3 aromatic rings. The number of ether oxygens (including phenoxy) is 1. The number of nitrogens with zero attached hydrogens (tertiary/aromatic N) is 6. The van der Waals surface area contributed by atoms with Gasteiger partial charge in [0, 0.05) is 38.8 Å². The lowest BCUT2D eigenvalue weighted by molar-refractivity contribution is 0.148. The van der Waals surface area contributed by atoms with Crippen molar-refractivity contribution in [3.05, 3.63) is 23.8 Å². The predicted molar refractivity (Wildman–Crippen MR) is 106 cm³/mol. The molecule has 0 unspecified atom stereocenters. The molecule has 0 aliphatic carbocycles. The second-order valence-electron chi connectivity index (χ2n) is 7.51. The molecule has 27 heavy (non-hydrogen) atoms. The van der Waals surface area contributed by atoms with E-state index in [2.05, 4.69) is 64.4 Å². The summed E-state index contributed by atoms with van der Waals surface area (Å²) in [4.78, 5) is 9.70. The van der Waals surface area contributed by atoms with E-state index >= 15 is 0 Å². The van der Waals surface area contributed by atoms with Gasteiger partial charge in [-0.15, -0.1) is 5.10 Å². The Balaban J connectivity index is 1.74. The lowest BCUT2D eigenvalue weighted by Gasteiger charge is -2.32. The van der Waals surface area contributed by atoms with Crippen LogP contribution in [0.3, 0.4) is 0 Å². The van der Waals surface area contributed by atoms with Crippen LogP contribution in [0.4, 0.5) is 5.82 Å². The number of rotatable bonds is 5. The Morgan fingerprint density at radius 1 is 1.15 bits per heavy atom. The van der Waals surface area contributed by atoms with E-state index in [0.29, 0.717) is 11.7 Å². The SMILES string of the molecule is COc1nnc2c(NC(C)C)nc3cc(CN4CCN(C)CC4)ccc3n12. The molecule has 0 radical (unpaired) electrons. The summed E-state index contributed by atoms with van der Waals surface area (Å²) in [5.74, 6) is 0.727. The van der Waals surface area contributed by atoms with Crippen LogP contribution in [0.5, 0.6) is 6.01 Å². The van der Waals surface area contributed by atoms with Gasteiger partial charge >= 0.3 is 6.01 Å². The van der Waals surface area contributed by atoms with Gasteiger partial charge in [0.15, 0.2) is 5.82 Å². The number of hydrogen-bond donors (Lipinski definition) is 1. The number of piperazine rings is 1. The summed E-state index contributed by atoms with van der Waals surface area (Å²) < 4.78 is 7.34. The first kappa shape index (κ1) is 17.9. The Bertz CT molecular complexity index is 944. The van der Waals surface area contributed by atoms with Crippen molar-refractivity contribution in [2.45, 2.75) is 26.4 Å². The Morgan fingerprint density at radius 3 is 2.63 bits per heavy atom. The van der Waals surface area contributed by atoms with Crippen LogP contribution in [-0.2, 0) is 6.54 Å². The maximum Gasteiger partial charge on any atom is 0.321 e. The molecule has 4 rings (SSSR count). The molecular formula is C19H27N7O. The zero-order chi connectivity index (χ0) is 19.0. The minimum Gasteiger partial charge on any atom is -0.467 e. The first-order chi connectivity index (χ1) is 13.0. The van der Waals surface area contributed by atoms with Gasteiger partial charge in [-0.3, -0.25) is 4.90 Å². The third-order valence-electron chi connectivity index (χ3n) is 4.97. The quantitative estimate of drug-likeness (QED) is 0.736. The monoisotopic (exact) mass is 369 g/mol. The van der Waals surface area contributed by atoms with Crippen LogP contribution in [0.1, 0.15) is 19.4 Å². The van der Waals surface area contributed by atoms with Crippen molar-refractivity contribution in [3.8, 4) is 6.01 Å². The first-order valence-corrected chi connectivity index (χ1v) is 9.44. The maximum absolute atomic E-state index is 5.42. The molecule has 1 aromatic carbocycles. The fourth-order valence-electron chi connectivity index (χ4n) is 3.52. The zero-order valence-electron chi connectivity index (χ0n) is 16.4. The van der Waals surface area contributed by atoms with E-state index < -0.39 is 0 Å². The molecule has 8 heteroatoms. The number of nitrogens with one attached hydrogen (secondary N) is 1. The molecular weight excluding hydrogens is 342 g/mol. The fraction of sp³-hybridized carbons (Fsp3) is 0.526. The summed E-state index contributed by atoms with van der Waals surface area (Å²) in [6.07, 6.45) is 0. The smallest absolute Gasteiger partial charge is 0.321 e. The van der Waals surface area contributed by atoms with Crippen LogP contribution in [0.25, 0.3) is 16.7 Å². The molecule has 0 atom stereocenters. The van der Waals surface area contributed by atoms with E-state index in [4.69, 9.17) is 9.72 Å². The molecule has 8 nitrogen and oxygen atoms in total. The van der Waals surface area contributed by atoms with Crippen molar-refractivity contribution in [2.75, 3.05) is 45.7 Å². The molecule has 3 heterocycles. The van der Waals surface area contributed by atoms with Gasteiger partial charge in [-0.2, -0.15) is 0 Å². The van der Waals surface area contributed by atoms with Crippen molar-refractivity contribution in [1.29, 1.82) is 0 Å². The molecule has 1 aliphatic rings. The van der Waals surface area contributed by atoms with Gasteiger partial charge in [0.25, 0.3) is 0 Å². The summed E-state index contributed by atoms with van der Waals surface area (Å²) in [7, 11) is 3.79. The van der Waals surface area contributed by atoms with Crippen molar-refractivity contribution >= 4 is 22.5 Å². The standard InChI is InChI=1S/C19H27N7O/c1-13(2)20-17-18-22-23-19(27-4)26(18)16-6-5-14(11-15(16)21-17)12-25-9-7-24(3)8-10-25/h5-6,11,13H,7-10,12H2,1-4H3,(H,20,21). The highest BCUT2D eigenvalue weighted by atomic mass is 16.5. The second kappa shape index (κ2) is 7.28. The average Bonchev–Trinajstić information content (AvgIpc) is 3.08. The predicted octanol–water partition coefficient (Wildman–Crippen LogP) is 1.85. The van der Waals surface area contributed by atoms with Crippen molar-refractivity contribution in [1.82, 2.24) is 29.4 Å². The largest absolute Gasteiger partial charge is 0.467 e. The van der Waals surface area contributed by atoms with Crippen molar-refractivity contribution < 1.29 is 4.74 Å².